The molecule has 1 N–H and O–H groups in total. The molecule has 0 aromatic rings. The fourth-order valence-corrected chi connectivity index (χ4v) is 1.18. The number of hydrogen-bond donors (Lipinski definition) is 1. The number of allylic oxidation sites excluding steroid dienone is 1. The predicted molar refractivity (Wildman–Crippen MR) is 40.5 cm³/mol. The molecule has 1 unspecified atom stereocenters. The van der Waals surface area contributed by atoms with Gasteiger partial charge < -0.3 is 5.32 Å². The average molecular weight is 139 g/mol. The zero-order chi connectivity index (χ0) is 7.61. The van der Waals surface area contributed by atoms with Gasteiger partial charge in [-0.25, -0.2) is 0 Å². The summed E-state index contributed by atoms with van der Waals surface area (Å²) >= 11 is 0. The number of nitrogens with one attached hydrogen (secondary N) is 1. The van der Waals surface area contributed by atoms with E-state index >= 15 is 0 Å². The minimum atomic E-state index is 0.0440. The lowest BCUT2D eigenvalue weighted by molar-refractivity contribution is -0.124. The molecule has 0 aliphatic carbocycles. The van der Waals surface area contributed by atoms with Crippen LogP contribution in [0.3, 0.4) is 0 Å². The third kappa shape index (κ3) is 1.38. The van der Waals surface area contributed by atoms with Crippen LogP contribution in [0.2, 0.25) is 0 Å². The van der Waals surface area contributed by atoms with Crippen molar-refractivity contribution in [1.82, 2.24) is 5.32 Å². The van der Waals surface area contributed by atoms with Crippen molar-refractivity contribution in [2.24, 2.45) is 5.41 Å². The van der Waals surface area contributed by atoms with Crippen LogP contribution in [-0.2, 0) is 4.79 Å². The number of carbonyl (C=O) groups is 1. The maximum absolute atomic E-state index is 10.9. The average Bonchev–Trinajstić information content (AvgIpc) is 1.88. The molecule has 1 fully saturated rings. The van der Waals surface area contributed by atoms with Crippen LogP contribution in [-0.4, -0.2) is 12.5 Å². The molecule has 1 saturated heterocycles. The summed E-state index contributed by atoms with van der Waals surface area (Å²) in [4.78, 5) is 10.9. The number of hydrogen-bond acceptors (Lipinski definition) is 1. The number of amides is 1. The lowest BCUT2D eigenvalue weighted by Crippen LogP contribution is -2.38. The Labute approximate surface area is 61.3 Å². The normalized spacial score (nSPS) is 33.1. The van der Waals surface area contributed by atoms with E-state index in [4.69, 9.17) is 0 Å². The fourth-order valence-electron chi connectivity index (χ4n) is 1.18. The minimum Gasteiger partial charge on any atom is -0.356 e. The topological polar surface area (TPSA) is 29.1 Å². The minimum absolute atomic E-state index is 0.0440. The van der Waals surface area contributed by atoms with Gasteiger partial charge in [-0.05, 0) is 11.8 Å². The molecule has 1 aliphatic rings. The second kappa shape index (κ2) is 2.45. The molecule has 0 aromatic carbocycles. The van der Waals surface area contributed by atoms with E-state index < -0.39 is 0 Å². The van der Waals surface area contributed by atoms with E-state index in [9.17, 15) is 4.79 Å². The molecule has 10 heavy (non-hydrogen) atoms. The lowest BCUT2D eigenvalue weighted by atomic mass is 9.81. The van der Waals surface area contributed by atoms with Crippen molar-refractivity contribution in [2.45, 2.75) is 19.8 Å². The largest absolute Gasteiger partial charge is 0.356 e. The summed E-state index contributed by atoms with van der Waals surface area (Å²) in [7, 11) is 0. The molecule has 1 rings (SSSR count). The Bertz CT molecular complexity index is 165. The first-order valence-corrected chi connectivity index (χ1v) is 3.57. The molecule has 1 aliphatic heterocycles. The van der Waals surface area contributed by atoms with Crippen molar-refractivity contribution in [1.29, 1.82) is 0 Å². The van der Waals surface area contributed by atoms with Crippen LogP contribution in [0.1, 0.15) is 19.8 Å². The highest BCUT2D eigenvalue weighted by molar-refractivity contribution is 5.77. The van der Waals surface area contributed by atoms with Gasteiger partial charge in [0.05, 0.1) is 0 Å². The van der Waals surface area contributed by atoms with Crippen molar-refractivity contribution in [3.63, 3.8) is 0 Å². The number of piperidine rings is 1. The van der Waals surface area contributed by atoms with Gasteiger partial charge in [0.25, 0.3) is 0 Å². The van der Waals surface area contributed by atoms with Crippen LogP contribution in [0.4, 0.5) is 0 Å². The number of rotatable bonds is 1. The summed E-state index contributed by atoms with van der Waals surface area (Å²) in [5.74, 6) is 0.147. The van der Waals surface area contributed by atoms with Gasteiger partial charge in [0.2, 0.25) is 5.91 Å². The van der Waals surface area contributed by atoms with Crippen LogP contribution in [0.15, 0.2) is 12.7 Å². The molecule has 0 spiro atoms. The molecule has 1 amide bonds. The lowest BCUT2D eigenvalue weighted by Gasteiger charge is -2.29. The van der Waals surface area contributed by atoms with Gasteiger partial charge in [0, 0.05) is 13.0 Å². The number of carbonyl (C=O) groups excluding carboxylic acids is 1. The van der Waals surface area contributed by atoms with Crippen LogP contribution in [0.25, 0.3) is 0 Å². The summed E-state index contributed by atoms with van der Waals surface area (Å²) in [5.41, 5.74) is 0.0440. The van der Waals surface area contributed by atoms with E-state index in [-0.39, 0.29) is 11.3 Å². The molecule has 0 bridgehead atoms. The first kappa shape index (κ1) is 7.32. The quantitative estimate of drug-likeness (QED) is 0.541. The first-order valence-electron chi connectivity index (χ1n) is 3.57. The van der Waals surface area contributed by atoms with Crippen molar-refractivity contribution in [2.75, 3.05) is 6.54 Å². The van der Waals surface area contributed by atoms with E-state index in [0.29, 0.717) is 6.42 Å². The van der Waals surface area contributed by atoms with Crippen LogP contribution in [0, 0.1) is 5.41 Å². The van der Waals surface area contributed by atoms with Gasteiger partial charge in [-0.1, -0.05) is 13.0 Å². The highest BCUT2D eigenvalue weighted by atomic mass is 16.1. The van der Waals surface area contributed by atoms with Gasteiger partial charge in [-0.3, -0.25) is 4.79 Å². The van der Waals surface area contributed by atoms with E-state index in [1.165, 1.54) is 0 Å². The Morgan fingerprint density at radius 1 is 1.80 bits per heavy atom. The highest BCUT2D eigenvalue weighted by Gasteiger charge is 2.27. The van der Waals surface area contributed by atoms with Crippen LogP contribution in [0.5, 0.6) is 0 Å². The first-order chi connectivity index (χ1) is 4.66. The molecular weight excluding hydrogens is 126 g/mol. The van der Waals surface area contributed by atoms with E-state index in [0.717, 1.165) is 13.0 Å². The molecule has 1 atom stereocenters. The summed E-state index contributed by atoms with van der Waals surface area (Å²) in [5, 5.41) is 2.78. The van der Waals surface area contributed by atoms with Gasteiger partial charge in [0.1, 0.15) is 0 Å². The SMILES string of the molecule is C=CC1(C)CCNC(=O)C1. The molecule has 0 aromatic heterocycles. The molecular formula is C8H13NO. The maximum Gasteiger partial charge on any atom is 0.220 e. The molecule has 1 heterocycles. The van der Waals surface area contributed by atoms with Crippen molar-refractivity contribution >= 4 is 5.91 Å². The van der Waals surface area contributed by atoms with Crippen LogP contribution < -0.4 is 5.32 Å². The van der Waals surface area contributed by atoms with Crippen molar-refractivity contribution in [3.8, 4) is 0 Å². The summed E-state index contributed by atoms with van der Waals surface area (Å²) in [6.07, 6.45) is 3.49. The highest BCUT2D eigenvalue weighted by Crippen LogP contribution is 2.28. The molecule has 2 nitrogen and oxygen atoms in total. The predicted octanol–water partition coefficient (Wildman–Crippen LogP) is 1.09. The second-order valence-electron chi connectivity index (χ2n) is 3.13. The molecule has 0 saturated carbocycles. The third-order valence-corrected chi connectivity index (χ3v) is 2.08. The Balaban J connectivity index is 2.61. The third-order valence-electron chi connectivity index (χ3n) is 2.08. The van der Waals surface area contributed by atoms with Gasteiger partial charge in [-0.2, -0.15) is 0 Å². The molecule has 2 heteroatoms. The molecule has 56 valence electrons. The Hall–Kier alpha value is -0.790. The zero-order valence-electron chi connectivity index (χ0n) is 6.31. The van der Waals surface area contributed by atoms with Crippen molar-refractivity contribution in [3.05, 3.63) is 12.7 Å². The standard InChI is InChI=1S/C8H13NO/c1-3-8(2)4-5-9-7(10)6-8/h3H,1,4-6H2,2H3,(H,9,10). The maximum atomic E-state index is 10.9. The van der Waals surface area contributed by atoms with E-state index in [2.05, 4.69) is 18.8 Å². The Morgan fingerprint density at radius 2 is 2.50 bits per heavy atom. The second-order valence-corrected chi connectivity index (χ2v) is 3.13. The van der Waals surface area contributed by atoms with Crippen LogP contribution >= 0.6 is 0 Å². The Morgan fingerprint density at radius 3 is 2.90 bits per heavy atom. The summed E-state index contributed by atoms with van der Waals surface area (Å²) < 4.78 is 0. The Kier molecular flexibility index (Phi) is 1.79. The molecule has 0 radical (unpaired) electrons. The zero-order valence-corrected chi connectivity index (χ0v) is 6.31. The smallest absolute Gasteiger partial charge is 0.220 e. The van der Waals surface area contributed by atoms with Gasteiger partial charge >= 0.3 is 0 Å². The van der Waals surface area contributed by atoms with Gasteiger partial charge in [0.15, 0.2) is 0 Å². The van der Waals surface area contributed by atoms with Gasteiger partial charge in [-0.15, -0.1) is 6.58 Å². The van der Waals surface area contributed by atoms with E-state index in [1.54, 1.807) is 0 Å². The monoisotopic (exact) mass is 139 g/mol. The fraction of sp³-hybridized carbons (Fsp3) is 0.625. The van der Waals surface area contributed by atoms with Crippen molar-refractivity contribution < 1.29 is 4.79 Å². The summed E-state index contributed by atoms with van der Waals surface area (Å²) in [6.45, 7) is 6.57. The van der Waals surface area contributed by atoms with E-state index in [1.807, 2.05) is 6.08 Å². The summed E-state index contributed by atoms with van der Waals surface area (Å²) in [6, 6.07) is 0.